The van der Waals surface area contributed by atoms with Crippen molar-refractivity contribution in [3.05, 3.63) is 113 Å². The number of benzene rings is 3. The van der Waals surface area contributed by atoms with Crippen molar-refractivity contribution in [2.45, 2.75) is 49.6 Å². The van der Waals surface area contributed by atoms with Crippen LogP contribution in [-0.2, 0) is 10.8 Å². The van der Waals surface area contributed by atoms with Gasteiger partial charge in [0, 0.05) is 16.4 Å². The fourth-order valence-corrected chi connectivity index (χ4v) is 5.29. The van der Waals surface area contributed by atoms with Gasteiger partial charge in [-0.2, -0.15) is 25.5 Å². The summed E-state index contributed by atoms with van der Waals surface area (Å²) in [7, 11) is 0. The van der Waals surface area contributed by atoms with Gasteiger partial charge in [0.2, 0.25) is 0 Å². The van der Waals surface area contributed by atoms with E-state index in [1.54, 1.807) is 17.2 Å². The topological polar surface area (TPSA) is 90.3 Å². The summed E-state index contributed by atoms with van der Waals surface area (Å²) in [5, 5.41) is 32.0. The summed E-state index contributed by atoms with van der Waals surface area (Å²) in [5.74, 6) is 0.0849. The normalized spacial score (nSPS) is 13.7. The molecule has 192 valence electrons. The van der Waals surface area contributed by atoms with E-state index >= 15 is 0 Å². The second-order valence-corrected chi connectivity index (χ2v) is 10.9. The van der Waals surface area contributed by atoms with E-state index in [-0.39, 0.29) is 18.0 Å². The minimum absolute atomic E-state index is 0.00250. The highest BCUT2D eigenvalue weighted by Crippen LogP contribution is 2.36. The molecule has 0 spiro atoms. The molecule has 0 aliphatic heterocycles. The van der Waals surface area contributed by atoms with E-state index < -0.39 is 5.41 Å². The standard InChI is InChI=1S/C31H31IN6/c1-22(29(26-7-4-6-25(16-26)20-33)17-23-10-12-24(19-32)13-11-23)37-30(31(2,3)21-34)27-8-5-9-28(18-27)38-35-14-15-36-38/h4-16,18,22,29-30,37H,17,19H2,1-3H3/t22-,29+,30?/m0/s1. The highest BCUT2D eigenvalue weighted by molar-refractivity contribution is 14.1. The van der Waals surface area contributed by atoms with Crippen LogP contribution in [0.2, 0.25) is 0 Å². The summed E-state index contributed by atoms with van der Waals surface area (Å²) in [5.41, 5.74) is 5.43. The highest BCUT2D eigenvalue weighted by atomic mass is 127. The van der Waals surface area contributed by atoms with Gasteiger partial charge in [-0.05, 0) is 73.7 Å². The molecule has 0 saturated heterocycles. The Morgan fingerprint density at radius 3 is 2.24 bits per heavy atom. The van der Waals surface area contributed by atoms with E-state index in [0.29, 0.717) is 5.56 Å². The maximum Gasteiger partial charge on any atom is 0.0991 e. The monoisotopic (exact) mass is 614 g/mol. The number of alkyl halides is 1. The first-order chi connectivity index (χ1) is 18.3. The Labute approximate surface area is 238 Å². The molecule has 4 aromatic rings. The molecule has 1 heterocycles. The van der Waals surface area contributed by atoms with Crippen LogP contribution in [0, 0.1) is 28.1 Å². The lowest BCUT2D eigenvalue weighted by molar-refractivity contribution is 0.281. The predicted octanol–water partition coefficient (Wildman–Crippen LogP) is 6.67. The zero-order chi connectivity index (χ0) is 27.1. The van der Waals surface area contributed by atoms with Crippen LogP contribution in [-0.4, -0.2) is 21.0 Å². The van der Waals surface area contributed by atoms with Crippen molar-refractivity contribution >= 4 is 22.6 Å². The van der Waals surface area contributed by atoms with Gasteiger partial charge in [0.25, 0.3) is 0 Å². The average Bonchev–Trinajstić information content (AvgIpc) is 3.50. The lowest BCUT2D eigenvalue weighted by Crippen LogP contribution is -2.42. The first kappa shape index (κ1) is 27.5. The lowest BCUT2D eigenvalue weighted by atomic mass is 9.79. The highest BCUT2D eigenvalue weighted by Gasteiger charge is 2.34. The zero-order valence-corrected chi connectivity index (χ0v) is 24.0. The summed E-state index contributed by atoms with van der Waals surface area (Å²) in [6, 6.07) is 29.2. The molecule has 6 nitrogen and oxygen atoms in total. The Bertz CT molecular complexity index is 1430. The van der Waals surface area contributed by atoms with Gasteiger partial charge < -0.3 is 5.32 Å². The largest absolute Gasteiger partial charge is 0.305 e. The molecule has 0 saturated carbocycles. The maximum atomic E-state index is 10.1. The quantitative estimate of drug-likeness (QED) is 0.159. The molecule has 1 unspecified atom stereocenters. The molecule has 0 bridgehead atoms. The number of rotatable bonds is 10. The first-order valence-electron chi connectivity index (χ1n) is 12.6. The maximum absolute atomic E-state index is 10.1. The van der Waals surface area contributed by atoms with Gasteiger partial charge in [-0.3, -0.25) is 0 Å². The number of nitriles is 2. The Balaban J connectivity index is 1.70. The molecule has 4 rings (SSSR count). The molecule has 3 aromatic carbocycles. The molecule has 0 radical (unpaired) electrons. The Kier molecular flexibility index (Phi) is 8.93. The van der Waals surface area contributed by atoms with Crippen LogP contribution in [0.1, 0.15) is 60.5 Å². The Morgan fingerprint density at radius 1 is 0.921 bits per heavy atom. The van der Waals surface area contributed by atoms with E-state index in [1.807, 2.05) is 56.3 Å². The van der Waals surface area contributed by atoms with Gasteiger partial charge in [0.15, 0.2) is 0 Å². The van der Waals surface area contributed by atoms with Crippen LogP contribution in [0.4, 0.5) is 0 Å². The Morgan fingerprint density at radius 2 is 1.58 bits per heavy atom. The molecular weight excluding hydrogens is 583 g/mol. The second-order valence-electron chi connectivity index (χ2n) is 10.1. The summed E-state index contributed by atoms with van der Waals surface area (Å²) in [4.78, 5) is 1.58. The van der Waals surface area contributed by atoms with Crippen molar-refractivity contribution in [3.8, 4) is 17.8 Å². The van der Waals surface area contributed by atoms with Crippen molar-refractivity contribution < 1.29 is 0 Å². The summed E-state index contributed by atoms with van der Waals surface area (Å²) in [6.45, 7) is 6.09. The van der Waals surface area contributed by atoms with Gasteiger partial charge in [-0.25, -0.2) is 0 Å². The first-order valence-corrected chi connectivity index (χ1v) is 14.1. The SMILES string of the molecule is C[C@H](NC(c1cccc(-n2nccn2)c1)C(C)(C)C#N)[C@@H](Cc1ccc(CI)cc1)c1cccc(C#N)c1. The van der Waals surface area contributed by atoms with Crippen molar-refractivity contribution in [2.24, 2.45) is 5.41 Å². The number of hydrogen-bond acceptors (Lipinski definition) is 5. The van der Waals surface area contributed by atoms with Crippen LogP contribution >= 0.6 is 22.6 Å². The van der Waals surface area contributed by atoms with Gasteiger partial charge in [0.1, 0.15) is 0 Å². The van der Waals surface area contributed by atoms with E-state index in [0.717, 1.165) is 27.7 Å². The molecule has 1 aromatic heterocycles. The molecule has 1 N–H and O–H groups in total. The Hall–Kier alpha value is -3.53. The lowest BCUT2D eigenvalue weighted by Gasteiger charge is -2.36. The molecule has 38 heavy (non-hydrogen) atoms. The minimum Gasteiger partial charge on any atom is -0.305 e. The van der Waals surface area contributed by atoms with Crippen LogP contribution in [0.25, 0.3) is 5.69 Å². The molecule has 3 atom stereocenters. The molecule has 0 aliphatic carbocycles. The van der Waals surface area contributed by atoms with E-state index in [1.165, 1.54) is 11.1 Å². The average molecular weight is 615 g/mol. The van der Waals surface area contributed by atoms with Gasteiger partial charge in [0.05, 0.1) is 47.2 Å². The summed E-state index contributed by atoms with van der Waals surface area (Å²) in [6.07, 6.45) is 4.11. The van der Waals surface area contributed by atoms with E-state index in [4.69, 9.17) is 0 Å². The second kappa shape index (κ2) is 12.3. The summed E-state index contributed by atoms with van der Waals surface area (Å²) < 4.78 is 0.974. The van der Waals surface area contributed by atoms with Crippen molar-refractivity contribution in [3.63, 3.8) is 0 Å². The molecule has 0 aliphatic rings. The summed E-state index contributed by atoms with van der Waals surface area (Å²) >= 11 is 2.38. The molecule has 0 fully saturated rings. The van der Waals surface area contributed by atoms with Crippen LogP contribution < -0.4 is 5.32 Å². The van der Waals surface area contributed by atoms with Gasteiger partial charge in [-0.15, -0.1) is 0 Å². The predicted molar refractivity (Wildman–Crippen MR) is 158 cm³/mol. The molecule has 7 heteroatoms. The van der Waals surface area contributed by atoms with Crippen LogP contribution in [0.3, 0.4) is 0 Å². The smallest absolute Gasteiger partial charge is 0.0991 e. The number of nitrogens with zero attached hydrogens (tertiary/aromatic N) is 5. The third-order valence-electron chi connectivity index (χ3n) is 6.97. The van der Waals surface area contributed by atoms with Crippen molar-refractivity contribution in [1.29, 1.82) is 10.5 Å². The third kappa shape index (κ3) is 6.48. The molecule has 0 amide bonds. The minimum atomic E-state index is -0.689. The zero-order valence-electron chi connectivity index (χ0n) is 21.8. The third-order valence-corrected chi connectivity index (χ3v) is 7.85. The number of nitrogens with one attached hydrogen (secondary N) is 1. The van der Waals surface area contributed by atoms with Crippen LogP contribution in [0.5, 0.6) is 0 Å². The molecular formula is C31H31IN6. The number of halogens is 1. The fraction of sp³-hybridized carbons (Fsp3) is 0.290. The van der Waals surface area contributed by atoms with Crippen molar-refractivity contribution in [1.82, 2.24) is 20.3 Å². The fourth-order valence-electron chi connectivity index (χ4n) is 4.78. The van der Waals surface area contributed by atoms with Gasteiger partial charge in [-0.1, -0.05) is 71.1 Å². The van der Waals surface area contributed by atoms with E-state index in [2.05, 4.69) is 87.5 Å². The van der Waals surface area contributed by atoms with Gasteiger partial charge >= 0.3 is 0 Å². The van der Waals surface area contributed by atoms with Crippen molar-refractivity contribution in [2.75, 3.05) is 0 Å². The number of hydrogen-bond donors (Lipinski definition) is 1. The van der Waals surface area contributed by atoms with Crippen LogP contribution in [0.15, 0.2) is 85.2 Å². The van der Waals surface area contributed by atoms with E-state index in [9.17, 15) is 10.5 Å². The number of aromatic nitrogens is 3.